The predicted octanol–water partition coefficient (Wildman–Crippen LogP) is 2.34. The average molecular weight is 467 g/mol. The number of anilines is 1. The van der Waals surface area contributed by atoms with Gasteiger partial charge in [-0.2, -0.15) is 0 Å². The van der Waals surface area contributed by atoms with Crippen molar-refractivity contribution in [3.05, 3.63) is 29.6 Å². The molecule has 0 aliphatic carbocycles. The molecule has 4 rings (SSSR count). The number of hydrogen-bond acceptors (Lipinski definition) is 5. The third kappa shape index (κ3) is 5.48. The highest BCUT2D eigenvalue weighted by atomic mass is 19.3. The summed E-state index contributed by atoms with van der Waals surface area (Å²) in [6, 6.07) is 3.34. The number of hydrogen-bond donors (Lipinski definition) is 2. The zero-order chi connectivity index (χ0) is 23.6. The Morgan fingerprint density at radius 3 is 2.52 bits per heavy atom. The van der Waals surface area contributed by atoms with Crippen LogP contribution in [0.4, 0.5) is 18.9 Å². The number of alkyl halides is 2. The molecule has 0 radical (unpaired) electrons. The number of likely N-dealkylation sites (tertiary alicyclic amines) is 2. The Morgan fingerprint density at radius 2 is 1.88 bits per heavy atom. The Labute approximate surface area is 190 Å². The smallest absolute Gasteiger partial charge is 0.267 e. The van der Waals surface area contributed by atoms with Gasteiger partial charge in [-0.3, -0.25) is 24.6 Å². The van der Waals surface area contributed by atoms with Crippen molar-refractivity contribution >= 4 is 23.9 Å². The van der Waals surface area contributed by atoms with Gasteiger partial charge in [0, 0.05) is 31.7 Å². The molecule has 0 bridgehead atoms. The number of carbonyl (C=O) groups is 3. The van der Waals surface area contributed by atoms with Crippen LogP contribution in [0, 0.1) is 11.7 Å². The molecule has 0 saturated carbocycles. The van der Waals surface area contributed by atoms with Crippen LogP contribution in [0.2, 0.25) is 0 Å². The van der Waals surface area contributed by atoms with Gasteiger partial charge in [0.2, 0.25) is 18.2 Å². The van der Waals surface area contributed by atoms with E-state index in [2.05, 4.69) is 10.6 Å². The Kier molecular flexibility index (Phi) is 6.92. The normalized spacial score (nSPS) is 26.7. The van der Waals surface area contributed by atoms with Gasteiger partial charge in [0.1, 0.15) is 11.9 Å². The largest absolute Gasteiger partial charge is 0.374 e. The van der Waals surface area contributed by atoms with Gasteiger partial charge in [0.05, 0.1) is 12.5 Å². The number of rotatable bonds is 6. The van der Waals surface area contributed by atoms with E-state index in [1.54, 1.807) is 9.80 Å². The Bertz CT molecular complexity index is 905. The monoisotopic (exact) mass is 466 g/mol. The molecular weight excluding hydrogens is 437 g/mol. The summed E-state index contributed by atoms with van der Waals surface area (Å²) in [7, 11) is 0. The van der Waals surface area contributed by atoms with E-state index in [4.69, 9.17) is 0 Å². The molecule has 3 saturated heterocycles. The summed E-state index contributed by atoms with van der Waals surface area (Å²) in [5.74, 6) is -5.56. The van der Waals surface area contributed by atoms with E-state index in [0.29, 0.717) is 38.3 Å². The van der Waals surface area contributed by atoms with Crippen LogP contribution in [0.25, 0.3) is 0 Å². The number of imide groups is 1. The third-order valence-electron chi connectivity index (χ3n) is 6.95. The van der Waals surface area contributed by atoms with E-state index in [1.165, 1.54) is 12.1 Å². The average Bonchev–Trinajstić information content (AvgIpc) is 2.76. The van der Waals surface area contributed by atoms with E-state index >= 15 is 8.78 Å². The lowest BCUT2D eigenvalue weighted by Crippen LogP contribution is -2.49. The minimum absolute atomic E-state index is 0.0206. The fourth-order valence-electron chi connectivity index (χ4n) is 5.09. The Balaban J connectivity index is 1.36. The molecule has 3 aliphatic rings. The van der Waals surface area contributed by atoms with Gasteiger partial charge in [-0.15, -0.1) is 0 Å². The molecule has 0 aromatic heterocycles. The van der Waals surface area contributed by atoms with Crippen LogP contribution in [0.3, 0.4) is 0 Å². The van der Waals surface area contributed by atoms with Crippen LogP contribution in [0.1, 0.15) is 43.6 Å². The number of piperidine rings is 3. The standard InChI is InChI=1S/C23H29F3N4O3/c24-19-11-16(27-20-3-4-21(32)28-22(20)33)1-2-17(19)18-7-10-30(13-23(18,25)26)12-15-5-8-29(14-31)9-6-15/h1-2,11,14-15,18,20,27H,3-10,12-13H2,(H,28,32,33). The zero-order valence-electron chi connectivity index (χ0n) is 18.4. The SMILES string of the molecule is O=CN1CCC(CN2CCC(c3ccc(NC4CCC(=O)NC4=O)cc3F)C(F)(F)C2)CC1. The van der Waals surface area contributed by atoms with Crippen LogP contribution in [-0.2, 0) is 14.4 Å². The molecule has 3 fully saturated rings. The maximum atomic E-state index is 15.1. The van der Waals surface area contributed by atoms with Crippen molar-refractivity contribution in [2.24, 2.45) is 5.92 Å². The van der Waals surface area contributed by atoms with Crippen LogP contribution < -0.4 is 10.6 Å². The fourth-order valence-corrected chi connectivity index (χ4v) is 5.09. The topological polar surface area (TPSA) is 81.8 Å². The molecule has 0 spiro atoms. The van der Waals surface area contributed by atoms with E-state index in [9.17, 15) is 18.8 Å². The summed E-state index contributed by atoms with van der Waals surface area (Å²) in [6.07, 6.45) is 3.07. The number of nitrogens with zero attached hydrogens (tertiary/aromatic N) is 2. The predicted molar refractivity (Wildman–Crippen MR) is 115 cm³/mol. The van der Waals surface area contributed by atoms with Crippen LogP contribution in [0.5, 0.6) is 0 Å². The number of nitrogens with one attached hydrogen (secondary N) is 2. The first-order valence-corrected chi connectivity index (χ1v) is 11.4. The number of halogens is 3. The van der Waals surface area contributed by atoms with Crippen molar-refractivity contribution in [1.29, 1.82) is 0 Å². The summed E-state index contributed by atoms with van der Waals surface area (Å²) in [4.78, 5) is 37.5. The van der Waals surface area contributed by atoms with Crippen molar-refractivity contribution in [2.45, 2.75) is 50.0 Å². The second-order valence-corrected chi connectivity index (χ2v) is 9.31. The first-order chi connectivity index (χ1) is 15.7. The van der Waals surface area contributed by atoms with Gasteiger partial charge in [0.25, 0.3) is 5.92 Å². The molecule has 33 heavy (non-hydrogen) atoms. The fraction of sp³-hybridized carbons (Fsp3) is 0.609. The van der Waals surface area contributed by atoms with Crippen LogP contribution >= 0.6 is 0 Å². The van der Waals surface area contributed by atoms with Crippen molar-refractivity contribution in [2.75, 3.05) is 38.0 Å². The molecule has 3 heterocycles. The molecule has 1 aromatic rings. The van der Waals surface area contributed by atoms with Gasteiger partial charge in [0.15, 0.2) is 0 Å². The molecule has 2 N–H and O–H groups in total. The first kappa shape index (κ1) is 23.5. The van der Waals surface area contributed by atoms with E-state index in [1.807, 2.05) is 0 Å². The number of benzene rings is 1. The molecular formula is C23H29F3N4O3. The molecule has 10 heteroatoms. The lowest BCUT2D eigenvalue weighted by Gasteiger charge is -2.41. The summed E-state index contributed by atoms with van der Waals surface area (Å²) in [6.45, 7) is 1.92. The minimum atomic E-state index is -3.07. The van der Waals surface area contributed by atoms with Crippen molar-refractivity contribution in [3.8, 4) is 0 Å². The van der Waals surface area contributed by atoms with E-state index in [0.717, 1.165) is 25.3 Å². The second kappa shape index (κ2) is 9.70. The molecule has 1 aromatic carbocycles. The molecule has 2 unspecified atom stereocenters. The van der Waals surface area contributed by atoms with Gasteiger partial charge in [-0.05, 0) is 55.8 Å². The second-order valence-electron chi connectivity index (χ2n) is 9.31. The summed E-state index contributed by atoms with van der Waals surface area (Å²) in [5, 5.41) is 5.10. The quantitative estimate of drug-likeness (QED) is 0.497. The van der Waals surface area contributed by atoms with Crippen LogP contribution in [-0.4, -0.2) is 72.7 Å². The lowest BCUT2D eigenvalue weighted by atomic mass is 9.85. The molecule has 3 amide bonds. The van der Waals surface area contributed by atoms with Gasteiger partial charge < -0.3 is 10.2 Å². The number of amides is 3. The molecule has 180 valence electrons. The van der Waals surface area contributed by atoms with Gasteiger partial charge in [-0.25, -0.2) is 13.2 Å². The Morgan fingerprint density at radius 1 is 1.12 bits per heavy atom. The first-order valence-electron chi connectivity index (χ1n) is 11.4. The van der Waals surface area contributed by atoms with E-state index < -0.39 is 36.2 Å². The Hall–Kier alpha value is -2.62. The molecule has 3 aliphatic heterocycles. The highest BCUT2D eigenvalue weighted by Crippen LogP contribution is 2.42. The summed E-state index contributed by atoms with van der Waals surface area (Å²) >= 11 is 0. The summed E-state index contributed by atoms with van der Waals surface area (Å²) in [5.41, 5.74) is 0.293. The summed E-state index contributed by atoms with van der Waals surface area (Å²) < 4.78 is 45.0. The minimum Gasteiger partial charge on any atom is -0.374 e. The maximum Gasteiger partial charge on any atom is 0.267 e. The van der Waals surface area contributed by atoms with Crippen molar-refractivity contribution in [1.82, 2.24) is 15.1 Å². The zero-order valence-corrected chi connectivity index (χ0v) is 18.4. The highest BCUT2D eigenvalue weighted by molar-refractivity contribution is 6.01. The van der Waals surface area contributed by atoms with Crippen LogP contribution in [0.15, 0.2) is 18.2 Å². The molecule has 7 nitrogen and oxygen atoms in total. The lowest BCUT2D eigenvalue weighted by molar-refractivity contribution is -0.133. The van der Waals surface area contributed by atoms with E-state index in [-0.39, 0.29) is 30.2 Å². The highest BCUT2D eigenvalue weighted by Gasteiger charge is 2.46. The number of carbonyl (C=O) groups excluding carboxylic acids is 3. The van der Waals surface area contributed by atoms with Gasteiger partial charge >= 0.3 is 0 Å². The maximum absolute atomic E-state index is 15.1. The molecule has 2 atom stereocenters. The van der Waals surface area contributed by atoms with Crippen molar-refractivity contribution < 1.29 is 27.6 Å². The third-order valence-corrected chi connectivity index (χ3v) is 6.95. The van der Waals surface area contributed by atoms with Gasteiger partial charge in [-0.1, -0.05) is 6.07 Å². The van der Waals surface area contributed by atoms with Crippen molar-refractivity contribution in [3.63, 3.8) is 0 Å².